The molecule has 0 fully saturated rings. The Morgan fingerprint density at radius 2 is 1.71 bits per heavy atom. The Balaban J connectivity index is 2.68. The van der Waals surface area contributed by atoms with E-state index in [0.29, 0.717) is 4.90 Å². The second-order valence-electron chi connectivity index (χ2n) is 4.30. The number of nitrogens with zero attached hydrogens (tertiary/aromatic N) is 2. The minimum absolute atomic E-state index is 0.0980. The summed E-state index contributed by atoms with van der Waals surface area (Å²) in [6, 6.07) is 11.2. The van der Waals surface area contributed by atoms with E-state index in [1.165, 1.54) is 0 Å². The lowest BCUT2D eigenvalue weighted by Gasteiger charge is -2.14. The van der Waals surface area contributed by atoms with E-state index in [-0.39, 0.29) is 16.0 Å². The Hall–Kier alpha value is -2.67. The van der Waals surface area contributed by atoms with Crippen LogP contribution in [0.1, 0.15) is 16.7 Å². The molecule has 0 aliphatic heterocycles. The van der Waals surface area contributed by atoms with Gasteiger partial charge in [0.1, 0.15) is 17.7 Å². The van der Waals surface area contributed by atoms with Crippen LogP contribution >= 0.6 is 0 Å². The third-order valence-electron chi connectivity index (χ3n) is 2.88. The molecule has 0 saturated heterocycles. The maximum absolute atomic E-state index is 12.6. The summed E-state index contributed by atoms with van der Waals surface area (Å²) in [4.78, 5) is 0.304. The standard InChI is InChI=1S/C15H10N2O3S/c1-9-2-4-11(5-3-9)21(20)15-10(7-16)6-13(18)14(19)12(15)8-17/h2-6,18-19H,1H3. The smallest absolute Gasteiger partial charge is 0.198 e. The average molecular weight is 298 g/mol. The van der Waals surface area contributed by atoms with Gasteiger partial charge in [0, 0.05) is 17.2 Å². The van der Waals surface area contributed by atoms with Gasteiger partial charge in [-0.2, -0.15) is 10.5 Å². The molecule has 2 aromatic carbocycles. The van der Waals surface area contributed by atoms with Crippen molar-refractivity contribution in [3.8, 4) is 23.6 Å². The van der Waals surface area contributed by atoms with Crippen LogP contribution in [0.4, 0.5) is 0 Å². The maximum atomic E-state index is 12.6. The predicted octanol–water partition coefficient (Wildman–Crippen LogP) is 2.32. The van der Waals surface area contributed by atoms with Crippen molar-refractivity contribution in [1.29, 1.82) is 10.5 Å². The largest absolute Gasteiger partial charge is 0.606 e. The lowest BCUT2D eigenvalue weighted by molar-refractivity contribution is 0.400. The van der Waals surface area contributed by atoms with E-state index in [2.05, 4.69) is 0 Å². The van der Waals surface area contributed by atoms with Gasteiger partial charge in [-0.05, 0) is 19.1 Å². The van der Waals surface area contributed by atoms with Gasteiger partial charge in [-0.15, -0.1) is 0 Å². The first-order valence-corrected chi connectivity index (χ1v) is 7.02. The molecular formula is C15H10N2O3S. The molecule has 2 N–H and O–H groups in total. The number of phenolic OH excluding ortho intramolecular Hbond substituents is 2. The summed E-state index contributed by atoms with van der Waals surface area (Å²) in [5.41, 5.74) is 0.511. The van der Waals surface area contributed by atoms with Crippen LogP contribution in [0.25, 0.3) is 0 Å². The molecule has 104 valence electrons. The third-order valence-corrected chi connectivity index (χ3v) is 4.38. The summed E-state index contributed by atoms with van der Waals surface area (Å²) in [5.74, 6) is -1.26. The van der Waals surface area contributed by atoms with Crippen molar-refractivity contribution in [3.05, 3.63) is 47.0 Å². The first-order valence-electron chi connectivity index (χ1n) is 5.87. The number of hydrogen-bond donors (Lipinski definition) is 2. The van der Waals surface area contributed by atoms with Crippen molar-refractivity contribution in [2.45, 2.75) is 16.7 Å². The number of phenols is 2. The molecule has 0 saturated carbocycles. The molecule has 2 aromatic rings. The van der Waals surface area contributed by atoms with Crippen LogP contribution in [-0.4, -0.2) is 14.8 Å². The Morgan fingerprint density at radius 1 is 1.10 bits per heavy atom. The van der Waals surface area contributed by atoms with Gasteiger partial charge in [-0.3, -0.25) is 0 Å². The summed E-state index contributed by atoms with van der Waals surface area (Å²) < 4.78 is 12.6. The highest BCUT2D eigenvalue weighted by molar-refractivity contribution is 7.91. The van der Waals surface area contributed by atoms with E-state index in [0.717, 1.165) is 11.6 Å². The summed E-state index contributed by atoms with van der Waals surface area (Å²) in [7, 11) is 0. The second kappa shape index (κ2) is 5.76. The topological polar surface area (TPSA) is 111 Å². The number of rotatable bonds is 2. The Bertz CT molecular complexity index is 773. The van der Waals surface area contributed by atoms with Crippen LogP contribution in [-0.2, 0) is 11.2 Å². The number of aryl methyl sites for hydroxylation is 1. The van der Waals surface area contributed by atoms with Crippen LogP contribution in [0.5, 0.6) is 11.5 Å². The highest BCUT2D eigenvalue weighted by Crippen LogP contribution is 2.38. The van der Waals surface area contributed by atoms with E-state index in [4.69, 9.17) is 10.5 Å². The van der Waals surface area contributed by atoms with Gasteiger partial charge >= 0.3 is 0 Å². The van der Waals surface area contributed by atoms with Gasteiger partial charge < -0.3 is 14.8 Å². The second-order valence-corrected chi connectivity index (χ2v) is 5.72. The van der Waals surface area contributed by atoms with Crippen molar-refractivity contribution in [2.24, 2.45) is 0 Å². The number of hydrogen-bond acceptors (Lipinski definition) is 5. The van der Waals surface area contributed by atoms with Gasteiger partial charge in [0.2, 0.25) is 0 Å². The van der Waals surface area contributed by atoms with Crippen molar-refractivity contribution in [1.82, 2.24) is 0 Å². The predicted molar refractivity (Wildman–Crippen MR) is 75.1 cm³/mol. The van der Waals surface area contributed by atoms with E-state index in [1.54, 1.807) is 36.4 Å². The van der Waals surface area contributed by atoms with Crippen LogP contribution < -0.4 is 0 Å². The number of nitriles is 2. The molecule has 0 heterocycles. The lowest BCUT2D eigenvalue weighted by Crippen LogP contribution is -2.07. The Morgan fingerprint density at radius 3 is 2.24 bits per heavy atom. The summed E-state index contributed by atoms with van der Waals surface area (Å²) >= 11 is -1.81. The van der Waals surface area contributed by atoms with Gasteiger partial charge in [0.05, 0.1) is 0 Å². The molecule has 0 aliphatic rings. The van der Waals surface area contributed by atoms with Gasteiger partial charge in [-0.1, -0.05) is 17.7 Å². The molecule has 0 spiro atoms. The molecule has 0 radical (unpaired) electrons. The molecule has 5 nitrogen and oxygen atoms in total. The molecular weight excluding hydrogens is 288 g/mol. The number of benzene rings is 2. The molecule has 21 heavy (non-hydrogen) atoms. The summed E-state index contributed by atoms with van der Waals surface area (Å²) in [6.45, 7) is 1.88. The minimum Gasteiger partial charge on any atom is -0.606 e. The highest BCUT2D eigenvalue weighted by Gasteiger charge is 2.28. The molecule has 0 bridgehead atoms. The van der Waals surface area contributed by atoms with E-state index in [9.17, 15) is 14.8 Å². The van der Waals surface area contributed by atoms with Crippen molar-refractivity contribution >= 4 is 11.2 Å². The van der Waals surface area contributed by atoms with Gasteiger partial charge in [0.25, 0.3) is 0 Å². The number of aromatic hydroxyl groups is 2. The fourth-order valence-electron chi connectivity index (χ4n) is 1.80. The van der Waals surface area contributed by atoms with Crippen LogP contribution in [0.15, 0.2) is 40.1 Å². The quantitative estimate of drug-likeness (QED) is 0.652. The maximum Gasteiger partial charge on any atom is 0.198 e. The van der Waals surface area contributed by atoms with Crippen molar-refractivity contribution in [2.75, 3.05) is 0 Å². The Labute approximate surface area is 124 Å². The summed E-state index contributed by atoms with van der Waals surface area (Å²) in [6.07, 6.45) is 0. The molecule has 1 atom stereocenters. The SMILES string of the molecule is Cc1ccc([S+]([O-])c2c(C#N)cc(O)c(O)c2C#N)cc1. The Kier molecular flexibility index (Phi) is 4.04. The molecule has 0 amide bonds. The van der Waals surface area contributed by atoms with E-state index in [1.807, 2.05) is 6.92 Å². The zero-order valence-electron chi connectivity index (χ0n) is 11.0. The third kappa shape index (κ3) is 2.63. The van der Waals surface area contributed by atoms with Crippen molar-refractivity contribution < 1.29 is 14.8 Å². The van der Waals surface area contributed by atoms with E-state index >= 15 is 0 Å². The van der Waals surface area contributed by atoms with Gasteiger partial charge in [-0.25, -0.2) is 0 Å². The fourth-order valence-corrected chi connectivity index (χ4v) is 3.05. The van der Waals surface area contributed by atoms with Crippen LogP contribution in [0, 0.1) is 29.6 Å². The van der Waals surface area contributed by atoms with Crippen molar-refractivity contribution in [3.63, 3.8) is 0 Å². The average Bonchev–Trinajstić information content (AvgIpc) is 2.49. The molecule has 0 aliphatic carbocycles. The van der Waals surface area contributed by atoms with Gasteiger partial charge in [0.15, 0.2) is 26.9 Å². The lowest BCUT2D eigenvalue weighted by atomic mass is 10.1. The fraction of sp³-hybridized carbons (Fsp3) is 0.0667. The zero-order valence-corrected chi connectivity index (χ0v) is 11.8. The monoisotopic (exact) mass is 298 g/mol. The van der Waals surface area contributed by atoms with Crippen LogP contribution in [0.3, 0.4) is 0 Å². The molecule has 0 aromatic heterocycles. The molecule has 1 unspecified atom stereocenters. The highest BCUT2D eigenvalue weighted by atomic mass is 32.2. The van der Waals surface area contributed by atoms with Crippen LogP contribution in [0.2, 0.25) is 0 Å². The first kappa shape index (κ1) is 14.7. The first-order chi connectivity index (χ1) is 9.99. The molecule has 6 heteroatoms. The zero-order chi connectivity index (χ0) is 15.6. The summed E-state index contributed by atoms with van der Waals surface area (Å²) in [5, 5.41) is 37.5. The molecule has 2 rings (SSSR count). The van der Waals surface area contributed by atoms with E-state index < -0.39 is 22.7 Å². The minimum atomic E-state index is -1.81. The normalized spacial score (nSPS) is 11.4.